The van der Waals surface area contributed by atoms with Crippen LogP contribution in [0.1, 0.15) is 18.9 Å². The maximum Gasteiger partial charge on any atom is 0.0258 e. The van der Waals surface area contributed by atoms with E-state index in [1.807, 2.05) is 6.07 Å². The molecule has 0 amide bonds. The summed E-state index contributed by atoms with van der Waals surface area (Å²) in [5.74, 6) is 0.714. The number of hydrogen-bond donors (Lipinski definition) is 0. The lowest BCUT2D eigenvalue weighted by molar-refractivity contribution is 1.09. The van der Waals surface area contributed by atoms with Crippen LogP contribution in [-0.4, -0.2) is 5.88 Å². The maximum absolute atomic E-state index is 5.60. The summed E-state index contributed by atoms with van der Waals surface area (Å²) in [4.78, 5) is 0. The van der Waals surface area contributed by atoms with Gasteiger partial charge in [0.15, 0.2) is 0 Å². The van der Waals surface area contributed by atoms with E-state index in [4.69, 9.17) is 11.6 Å². The summed E-state index contributed by atoms with van der Waals surface area (Å²) in [6, 6.07) is 10.5. The van der Waals surface area contributed by atoms with Gasteiger partial charge in [0.05, 0.1) is 0 Å². The second-order valence-electron chi connectivity index (χ2n) is 3.19. The molecule has 0 nitrogen and oxygen atoms in total. The molecule has 1 heteroatoms. The van der Waals surface area contributed by atoms with Crippen LogP contribution in [-0.2, 0) is 6.42 Å². The van der Waals surface area contributed by atoms with Crippen LogP contribution in [0, 0.1) is 0 Å². The van der Waals surface area contributed by atoms with Crippen molar-refractivity contribution in [2.75, 3.05) is 5.88 Å². The molecule has 0 atom stereocenters. The third-order valence-corrected chi connectivity index (χ3v) is 2.15. The first kappa shape index (κ1) is 10.3. The molecular formula is C12H15Cl. The lowest BCUT2D eigenvalue weighted by Crippen LogP contribution is -1.86. The van der Waals surface area contributed by atoms with Gasteiger partial charge < -0.3 is 0 Å². The molecule has 0 saturated heterocycles. The van der Waals surface area contributed by atoms with Crippen molar-refractivity contribution >= 4 is 11.6 Å². The number of alkyl halides is 1. The maximum atomic E-state index is 5.60. The third kappa shape index (κ3) is 4.14. The molecule has 0 aliphatic carbocycles. The number of halogens is 1. The summed E-state index contributed by atoms with van der Waals surface area (Å²) in [5, 5.41) is 0. The van der Waals surface area contributed by atoms with Gasteiger partial charge in [0.25, 0.3) is 0 Å². The van der Waals surface area contributed by atoms with Crippen LogP contribution < -0.4 is 0 Å². The Bertz CT molecular complexity index is 262. The molecule has 0 aliphatic rings. The summed E-state index contributed by atoms with van der Waals surface area (Å²) >= 11 is 5.60. The molecule has 13 heavy (non-hydrogen) atoms. The van der Waals surface area contributed by atoms with Crippen molar-refractivity contribution in [3.63, 3.8) is 0 Å². The summed E-state index contributed by atoms with van der Waals surface area (Å²) in [6.07, 6.45) is 4.22. The van der Waals surface area contributed by atoms with Crippen LogP contribution in [0.15, 0.2) is 42.0 Å². The van der Waals surface area contributed by atoms with Gasteiger partial charge in [-0.2, -0.15) is 0 Å². The van der Waals surface area contributed by atoms with E-state index in [1.54, 1.807) is 0 Å². The van der Waals surface area contributed by atoms with E-state index < -0.39 is 0 Å². The Morgan fingerprint density at radius 2 is 2.00 bits per heavy atom. The number of allylic oxidation sites excluding steroid dienone is 2. The van der Waals surface area contributed by atoms with Crippen LogP contribution in [0.5, 0.6) is 0 Å². The van der Waals surface area contributed by atoms with Crippen molar-refractivity contribution < 1.29 is 0 Å². The molecule has 0 heterocycles. The zero-order valence-corrected chi connectivity index (χ0v) is 8.72. The highest BCUT2D eigenvalue weighted by Crippen LogP contribution is 2.07. The minimum Gasteiger partial charge on any atom is -0.126 e. The minimum atomic E-state index is 0.714. The number of hydrogen-bond acceptors (Lipinski definition) is 0. The Balaban J connectivity index is 2.50. The number of rotatable bonds is 4. The zero-order valence-electron chi connectivity index (χ0n) is 7.96. The molecule has 1 aromatic carbocycles. The molecule has 0 radical (unpaired) electrons. The van der Waals surface area contributed by atoms with E-state index in [9.17, 15) is 0 Å². The van der Waals surface area contributed by atoms with Crippen LogP contribution >= 0.6 is 11.6 Å². The molecule has 1 aromatic rings. The summed E-state index contributed by atoms with van der Waals surface area (Å²) in [6.45, 7) is 2.15. The fourth-order valence-electron chi connectivity index (χ4n) is 1.29. The topological polar surface area (TPSA) is 0 Å². The van der Waals surface area contributed by atoms with E-state index in [1.165, 1.54) is 11.1 Å². The van der Waals surface area contributed by atoms with Gasteiger partial charge in [-0.1, -0.05) is 42.0 Å². The molecule has 0 bridgehead atoms. The highest BCUT2D eigenvalue weighted by atomic mass is 35.5. The molecule has 0 aromatic heterocycles. The summed E-state index contributed by atoms with van der Waals surface area (Å²) < 4.78 is 0. The largest absolute Gasteiger partial charge is 0.126 e. The first-order valence-electron chi connectivity index (χ1n) is 4.58. The Labute approximate surface area is 85.2 Å². The highest BCUT2D eigenvalue weighted by molar-refractivity contribution is 6.17. The lowest BCUT2D eigenvalue weighted by Gasteiger charge is -2.00. The summed E-state index contributed by atoms with van der Waals surface area (Å²) in [7, 11) is 0. The quantitative estimate of drug-likeness (QED) is 0.505. The van der Waals surface area contributed by atoms with E-state index >= 15 is 0 Å². The Hall–Kier alpha value is -0.750. The predicted octanol–water partition coefficient (Wildman–Crippen LogP) is 3.80. The SMILES string of the molecule is CC(=CCCCl)Cc1ccccc1. The molecule has 0 unspecified atom stereocenters. The van der Waals surface area contributed by atoms with Crippen molar-refractivity contribution in [3.8, 4) is 0 Å². The molecule has 1 rings (SSSR count). The van der Waals surface area contributed by atoms with Crippen LogP contribution in [0.2, 0.25) is 0 Å². The molecule has 0 saturated carbocycles. The van der Waals surface area contributed by atoms with Gasteiger partial charge >= 0.3 is 0 Å². The fraction of sp³-hybridized carbons (Fsp3) is 0.333. The molecule has 0 fully saturated rings. The molecular weight excluding hydrogens is 180 g/mol. The van der Waals surface area contributed by atoms with Crippen LogP contribution in [0.3, 0.4) is 0 Å². The Kier molecular flexibility index (Phi) is 4.63. The van der Waals surface area contributed by atoms with Crippen molar-refractivity contribution in [2.24, 2.45) is 0 Å². The van der Waals surface area contributed by atoms with Crippen molar-refractivity contribution in [2.45, 2.75) is 19.8 Å². The normalized spacial score (nSPS) is 11.7. The predicted molar refractivity (Wildman–Crippen MR) is 59.2 cm³/mol. The first-order valence-corrected chi connectivity index (χ1v) is 5.12. The van der Waals surface area contributed by atoms with Gasteiger partial charge in [-0.15, -0.1) is 11.6 Å². The molecule has 0 N–H and O–H groups in total. The Morgan fingerprint density at radius 1 is 1.31 bits per heavy atom. The minimum absolute atomic E-state index is 0.714. The second-order valence-corrected chi connectivity index (χ2v) is 3.57. The first-order chi connectivity index (χ1) is 6.33. The second kappa shape index (κ2) is 5.82. The molecule has 0 aliphatic heterocycles. The van der Waals surface area contributed by atoms with Crippen molar-refractivity contribution in [1.29, 1.82) is 0 Å². The fourth-order valence-corrected chi connectivity index (χ4v) is 1.40. The van der Waals surface area contributed by atoms with Gasteiger partial charge in [-0.25, -0.2) is 0 Å². The summed E-state index contributed by atoms with van der Waals surface area (Å²) in [5.41, 5.74) is 2.76. The van der Waals surface area contributed by atoms with Crippen LogP contribution in [0.25, 0.3) is 0 Å². The highest BCUT2D eigenvalue weighted by Gasteiger charge is 1.92. The molecule has 70 valence electrons. The van der Waals surface area contributed by atoms with Crippen molar-refractivity contribution in [3.05, 3.63) is 47.5 Å². The van der Waals surface area contributed by atoms with Gasteiger partial charge in [0, 0.05) is 5.88 Å². The van der Waals surface area contributed by atoms with E-state index in [0.717, 1.165) is 12.8 Å². The average molecular weight is 195 g/mol. The van der Waals surface area contributed by atoms with E-state index in [0.29, 0.717) is 5.88 Å². The molecule has 0 spiro atoms. The van der Waals surface area contributed by atoms with E-state index in [2.05, 4.69) is 37.3 Å². The monoisotopic (exact) mass is 194 g/mol. The number of benzene rings is 1. The van der Waals surface area contributed by atoms with Gasteiger partial charge in [-0.3, -0.25) is 0 Å². The average Bonchev–Trinajstić information content (AvgIpc) is 2.16. The van der Waals surface area contributed by atoms with Crippen molar-refractivity contribution in [1.82, 2.24) is 0 Å². The van der Waals surface area contributed by atoms with Gasteiger partial charge in [-0.05, 0) is 25.3 Å². The van der Waals surface area contributed by atoms with Gasteiger partial charge in [0.2, 0.25) is 0 Å². The third-order valence-electron chi connectivity index (χ3n) is 1.93. The van der Waals surface area contributed by atoms with E-state index in [-0.39, 0.29) is 0 Å². The smallest absolute Gasteiger partial charge is 0.0258 e. The lowest BCUT2D eigenvalue weighted by atomic mass is 10.1. The standard InChI is InChI=1S/C12H15Cl/c1-11(6-5-9-13)10-12-7-3-2-4-8-12/h2-4,6-8H,5,9-10H2,1H3. The van der Waals surface area contributed by atoms with Gasteiger partial charge in [0.1, 0.15) is 0 Å². The van der Waals surface area contributed by atoms with Crippen LogP contribution in [0.4, 0.5) is 0 Å². The Morgan fingerprint density at radius 3 is 2.62 bits per heavy atom. The zero-order chi connectivity index (χ0) is 9.52.